The predicted octanol–water partition coefficient (Wildman–Crippen LogP) is 7.00. The van der Waals surface area contributed by atoms with Crippen molar-refractivity contribution in [3.05, 3.63) is 106 Å². The second-order valence-corrected chi connectivity index (χ2v) is 12.4. The molecule has 0 aliphatic carbocycles. The Labute approximate surface area is 236 Å². The van der Waals surface area contributed by atoms with Gasteiger partial charge >= 0.3 is 5.97 Å². The highest BCUT2D eigenvalue weighted by molar-refractivity contribution is 6.51. The van der Waals surface area contributed by atoms with E-state index in [-0.39, 0.29) is 22.2 Å². The average Bonchev–Trinajstić information content (AvgIpc) is 3.17. The number of ether oxygens (including phenoxy) is 1. The Morgan fingerprint density at radius 3 is 1.90 bits per heavy atom. The Balaban J connectivity index is 1.95. The highest BCUT2D eigenvalue weighted by Gasteiger charge is 2.47. The number of carbonyl (C=O) groups excluding carboxylic acids is 3. The lowest BCUT2D eigenvalue weighted by Crippen LogP contribution is -2.29. The number of aliphatic hydroxyl groups is 1. The van der Waals surface area contributed by atoms with Crippen LogP contribution in [-0.2, 0) is 25.2 Å². The maximum atomic E-state index is 13.6. The van der Waals surface area contributed by atoms with Gasteiger partial charge in [0.15, 0.2) is 0 Å². The Bertz CT molecular complexity index is 1500. The fourth-order valence-electron chi connectivity index (χ4n) is 4.94. The van der Waals surface area contributed by atoms with Crippen molar-refractivity contribution in [3.63, 3.8) is 0 Å². The van der Waals surface area contributed by atoms with Gasteiger partial charge in [0.25, 0.3) is 11.7 Å². The van der Waals surface area contributed by atoms with Gasteiger partial charge in [-0.1, -0.05) is 77.9 Å². The number of benzene rings is 3. The van der Waals surface area contributed by atoms with E-state index >= 15 is 0 Å². The topological polar surface area (TPSA) is 83.9 Å². The summed E-state index contributed by atoms with van der Waals surface area (Å²) < 4.78 is 4.80. The molecular formula is C34H37NO5. The summed E-state index contributed by atoms with van der Waals surface area (Å²) in [7, 11) is 1.30. The number of anilines is 1. The van der Waals surface area contributed by atoms with E-state index in [4.69, 9.17) is 4.74 Å². The number of aryl methyl sites for hydroxylation is 1. The van der Waals surface area contributed by atoms with Crippen LogP contribution in [0.4, 0.5) is 5.69 Å². The molecule has 6 nitrogen and oxygen atoms in total. The van der Waals surface area contributed by atoms with E-state index < -0.39 is 23.7 Å². The molecule has 0 spiro atoms. The second kappa shape index (κ2) is 10.4. The molecule has 1 aliphatic rings. The smallest absolute Gasteiger partial charge is 0.337 e. The van der Waals surface area contributed by atoms with Gasteiger partial charge in [0.2, 0.25) is 0 Å². The third-order valence-corrected chi connectivity index (χ3v) is 7.46. The lowest BCUT2D eigenvalue weighted by atomic mass is 9.84. The molecule has 1 amide bonds. The molecule has 1 heterocycles. The highest BCUT2D eigenvalue weighted by atomic mass is 16.5. The summed E-state index contributed by atoms with van der Waals surface area (Å²) >= 11 is 0. The van der Waals surface area contributed by atoms with E-state index in [9.17, 15) is 19.5 Å². The molecule has 0 radical (unpaired) electrons. The average molecular weight is 540 g/mol. The van der Waals surface area contributed by atoms with Crippen molar-refractivity contribution in [1.82, 2.24) is 0 Å². The molecule has 1 saturated heterocycles. The van der Waals surface area contributed by atoms with Gasteiger partial charge in [0.1, 0.15) is 5.76 Å². The van der Waals surface area contributed by atoms with Gasteiger partial charge in [-0.05, 0) is 70.3 Å². The van der Waals surface area contributed by atoms with Crippen LogP contribution in [0.3, 0.4) is 0 Å². The SMILES string of the molecule is COC(=O)c1ccc(N2C(=O)C(=O)/C(=C(/O)c3cc(C(C)(C)C)ccc3C)C2c2ccc(C(C)(C)C)cc2)cc1. The molecule has 1 atom stereocenters. The van der Waals surface area contributed by atoms with Gasteiger partial charge in [-0.15, -0.1) is 0 Å². The zero-order chi connectivity index (χ0) is 29.6. The van der Waals surface area contributed by atoms with Gasteiger partial charge < -0.3 is 9.84 Å². The Morgan fingerprint density at radius 1 is 0.825 bits per heavy atom. The predicted molar refractivity (Wildman–Crippen MR) is 158 cm³/mol. The number of rotatable bonds is 4. The number of hydrogen-bond acceptors (Lipinski definition) is 5. The number of aliphatic hydroxyl groups excluding tert-OH is 1. The number of nitrogens with zero attached hydrogens (tertiary/aromatic N) is 1. The van der Waals surface area contributed by atoms with Crippen molar-refractivity contribution in [3.8, 4) is 0 Å². The first-order chi connectivity index (χ1) is 18.6. The van der Waals surface area contributed by atoms with Crippen LogP contribution in [-0.4, -0.2) is 29.9 Å². The quantitative estimate of drug-likeness (QED) is 0.167. The minimum Gasteiger partial charge on any atom is -0.507 e. The molecule has 1 N–H and O–H groups in total. The molecule has 1 fully saturated rings. The van der Waals surface area contributed by atoms with E-state index in [0.717, 1.165) is 16.7 Å². The van der Waals surface area contributed by atoms with E-state index in [0.29, 0.717) is 22.4 Å². The van der Waals surface area contributed by atoms with Crippen LogP contribution in [0.25, 0.3) is 5.76 Å². The number of hydrogen-bond donors (Lipinski definition) is 1. The maximum absolute atomic E-state index is 13.6. The molecule has 3 aromatic carbocycles. The summed E-state index contributed by atoms with van der Waals surface area (Å²) in [5.74, 6) is -2.22. The molecule has 0 aromatic heterocycles. The zero-order valence-electron chi connectivity index (χ0n) is 24.5. The third-order valence-electron chi connectivity index (χ3n) is 7.46. The molecular weight excluding hydrogens is 502 g/mol. The first kappa shape index (κ1) is 28.8. The molecule has 40 heavy (non-hydrogen) atoms. The van der Waals surface area contributed by atoms with Gasteiger partial charge in [0, 0.05) is 11.3 Å². The van der Waals surface area contributed by atoms with Crippen LogP contribution in [0.2, 0.25) is 0 Å². The summed E-state index contributed by atoms with van der Waals surface area (Å²) in [5.41, 5.74) is 4.61. The fourth-order valence-corrected chi connectivity index (χ4v) is 4.94. The second-order valence-electron chi connectivity index (χ2n) is 12.4. The minimum absolute atomic E-state index is 0.0275. The number of methoxy groups -OCH3 is 1. The van der Waals surface area contributed by atoms with Gasteiger partial charge in [-0.3, -0.25) is 14.5 Å². The Morgan fingerprint density at radius 2 is 1.38 bits per heavy atom. The van der Waals surface area contributed by atoms with Crippen LogP contribution < -0.4 is 4.90 Å². The summed E-state index contributed by atoms with van der Waals surface area (Å²) in [4.78, 5) is 40.6. The Kier molecular flexibility index (Phi) is 7.50. The molecule has 0 saturated carbocycles. The molecule has 208 valence electrons. The zero-order valence-corrected chi connectivity index (χ0v) is 24.5. The molecule has 4 rings (SSSR count). The molecule has 6 heteroatoms. The van der Waals surface area contributed by atoms with Crippen molar-refractivity contribution in [2.45, 2.75) is 65.3 Å². The van der Waals surface area contributed by atoms with Crippen LogP contribution >= 0.6 is 0 Å². The highest BCUT2D eigenvalue weighted by Crippen LogP contribution is 2.43. The van der Waals surface area contributed by atoms with Crippen LogP contribution in [0.1, 0.15) is 85.8 Å². The molecule has 3 aromatic rings. The van der Waals surface area contributed by atoms with Gasteiger partial charge in [-0.25, -0.2) is 4.79 Å². The lowest BCUT2D eigenvalue weighted by Gasteiger charge is -2.27. The lowest BCUT2D eigenvalue weighted by molar-refractivity contribution is -0.132. The van der Waals surface area contributed by atoms with E-state index in [1.54, 1.807) is 24.3 Å². The van der Waals surface area contributed by atoms with E-state index in [1.807, 2.05) is 49.4 Å². The number of carbonyl (C=O) groups is 3. The minimum atomic E-state index is -0.865. The van der Waals surface area contributed by atoms with Crippen LogP contribution in [0, 0.1) is 6.92 Å². The normalized spacial score (nSPS) is 17.3. The number of Topliss-reactive ketones (excluding diaryl/α,β-unsaturated/α-hetero) is 1. The largest absolute Gasteiger partial charge is 0.507 e. The van der Waals surface area contributed by atoms with Crippen LogP contribution in [0.5, 0.6) is 0 Å². The maximum Gasteiger partial charge on any atom is 0.337 e. The summed E-state index contributed by atoms with van der Waals surface area (Å²) in [5, 5.41) is 11.7. The van der Waals surface area contributed by atoms with Crippen molar-refractivity contribution in [2.75, 3.05) is 12.0 Å². The van der Waals surface area contributed by atoms with E-state index in [1.165, 1.54) is 12.0 Å². The van der Waals surface area contributed by atoms with Crippen molar-refractivity contribution in [1.29, 1.82) is 0 Å². The molecule has 0 bridgehead atoms. The van der Waals surface area contributed by atoms with Crippen LogP contribution in [0.15, 0.2) is 72.3 Å². The summed E-state index contributed by atoms with van der Waals surface area (Å²) in [6.07, 6.45) is 0. The molecule has 1 aliphatic heterocycles. The van der Waals surface area contributed by atoms with E-state index in [2.05, 4.69) is 41.5 Å². The first-order valence-corrected chi connectivity index (χ1v) is 13.4. The number of ketones is 1. The van der Waals surface area contributed by atoms with Gasteiger partial charge in [0.05, 0.1) is 24.3 Å². The first-order valence-electron chi connectivity index (χ1n) is 13.4. The standard InChI is InChI=1S/C34H37NO5/c1-20-9-14-24(34(5,6)7)19-26(20)29(36)27-28(21-10-15-23(16-11-21)33(2,3)4)35(31(38)30(27)37)25-17-12-22(13-18-25)32(39)40-8/h9-19,28,36H,1-8H3/b29-27+. The monoisotopic (exact) mass is 539 g/mol. The molecule has 1 unspecified atom stereocenters. The van der Waals surface area contributed by atoms with Crippen molar-refractivity contribution in [2.24, 2.45) is 0 Å². The Hall–Kier alpha value is -4.19. The van der Waals surface area contributed by atoms with Crippen molar-refractivity contribution < 1.29 is 24.2 Å². The van der Waals surface area contributed by atoms with Gasteiger partial charge in [-0.2, -0.15) is 0 Å². The fraction of sp³-hybridized carbons (Fsp3) is 0.324. The summed E-state index contributed by atoms with van der Waals surface area (Å²) in [6.45, 7) is 14.4. The number of esters is 1. The van der Waals surface area contributed by atoms with Crippen molar-refractivity contribution >= 4 is 29.1 Å². The number of amides is 1. The third kappa shape index (κ3) is 5.31. The summed E-state index contributed by atoms with van der Waals surface area (Å²) in [6, 6.07) is 19.1.